The zero-order chi connectivity index (χ0) is 4.28. The minimum atomic E-state index is -0.560. The molecular formula is C3H8ClKO2. The van der Waals surface area contributed by atoms with E-state index in [1.165, 1.54) is 6.92 Å². The number of halogens is 1. The minimum Gasteiger partial charge on any atom is -1.00 e. The van der Waals surface area contributed by atoms with Crippen molar-refractivity contribution in [2.75, 3.05) is 6.61 Å². The zero-order valence-electron chi connectivity index (χ0n) is 4.56. The molecule has 0 aromatic carbocycles. The molecule has 1 unspecified atom stereocenters. The van der Waals surface area contributed by atoms with Crippen LogP contribution in [0.25, 0.3) is 0 Å². The molecule has 2 nitrogen and oxygen atoms in total. The first-order valence-corrected chi connectivity index (χ1v) is 1.56. The van der Waals surface area contributed by atoms with Gasteiger partial charge in [0.05, 0.1) is 12.7 Å². The van der Waals surface area contributed by atoms with Gasteiger partial charge in [-0.1, -0.05) is 0 Å². The molecule has 2 N–H and O–H groups in total. The third kappa shape index (κ3) is 18.1. The van der Waals surface area contributed by atoms with E-state index in [-0.39, 0.29) is 70.4 Å². The third-order valence-corrected chi connectivity index (χ3v) is 0.264. The van der Waals surface area contributed by atoms with Gasteiger partial charge in [0.15, 0.2) is 0 Å². The first kappa shape index (κ1) is 15.9. The fourth-order valence-corrected chi connectivity index (χ4v) is 0. The fraction of sp³-hybridized carbons (Fsp3) is 1.00. The standard InChI is InChI=1S/C3H8O2.ClH.K/c1-3(5)2-4;;/h3-5H,2H2,1H3;1H;/q;;+1/p-1. The summed E-state index contributed by atoms with van der Waals surface area (Å²) in [5, 5.41) is 16.0. The van der Waals surface area contributed by atoms with Gasteiger partial charge in [-0.3, -0.25) is 0 Å². The largest absolute Gasteiger partial charge is 1.00 e. The van der Waals surface area contributed by atoms with Gasteiger partial charge in [-0.2, -0.15) is 0 Å². The molecule has 0 bridgehead atoms. The summed E-state index contributed by atoms with van der Waals surface area (Å²) in [6.45, 7) is 1.39. The van der Waals surface area contributed by atoms with E-state index in [2.05, 4.69) is 0 Å². The van der Waals surface area contributed by atoms with Crippen molar-refractivity contribution < 1.29 is 74.0 Å². The molecule has 0 aliphatic heterocycles. The zero-order valence-corrected chi connectivity index (χ0v) is 8.44. The third-order valence-electron chi connectivity index (χ3n) is 0.264. The Morgan fingerprint density at radius 3 is 1.71 bits per heavy atom. The van der Waals surface area contributed by atoms with Crippen molar-refractivity contribution in [3.63, 3.8) is 0 Å². The van der Waals surface area contributed by atoms with E-state index in [1.807, 2.05) is 0 Å². The summed E-state index contributed by atoms with van der Waals surface area (Å²) in [7, 11) is 0. The van der Waals surface area contributed by atoms with Crippen molar-refractivity contribution in [2.24, 2.45) is 0 Å². The van der Waals surface area contributed by atoms with Gasteiger partial charge in [-0.05, 0) is 6.92 Å². The molecule has 0 aromatic heterocycles. The van der Waals surface area contributed by atoms with Crippen LogP contribution in [0.15, 0.2) is 0 Å². The Balaban J connectivity index is -0.0000000800. The maximum atomic E-state index is 8.11. The van der Waals surface area contributed by atoms with Crippen LogP contribution in [0, 0.1) is 0 Å². The summed E-state index contributed by atoms with van der Waals surface area (Å²) in [4.78, 5) is 0. The Bertz CT molecular complexity index is 26.9. The molecule has 0 spiro atoms. The molecule has 0 amide bonds. The Kier molecular flexibility index (Phi) is 24.5. The number of hydrogen-bond acceptors (Lipinski definition) is 2. The first-order chi connectivity index (χ1) is 2.27. The van der Waals surface area contributed by atoms with Crippen LogP contribution >= 0.6 is 0 Å². The smallest absolute Gasteiger partial charge is 1.00 e. The molecule has 40 valence electrons. The van der Waals surface area contributed by atoms with Gasteiger partial charge in [0, 0.05) is 0 Å². The number of hydrogen-bond donors (Lipinski definition) is 2. The number of rotatable bonds is 1. The molecule has 0 radical (unpaired) electrons. The molecule has 0 saturated carbocycles. The van der Waals surface area contributed by atoms with Gasteiger partial charge in [0.1, 0.15) is 0 Å². The van der Waals surface area contributed by atoms with Crippen molar-refractivity contribution in [3.05, 3.63) is 0 Å². The van der Waals surface area contributed by atoms with E-state index in [0.717, 1.165) is 0 Å². The second kappa shape index (κ2) is 10.8. The van der Waals surface area contributed by atoms with Gasteiger partial charge in [0.2, 0.25) is 0 Å². The summed E-state index contributed by atoms with van der Waals surface area (Å²) < 4.78 is 0. The molecule has 0 aliphatic rings. The van der Waals surface area contributed by atoms with Crippen LogP contribution < -0.4 is 63.8 Å². The van der Waals surface area contributed by atoms with Crippen molar-refractivity contribution in [3.8, 4) is 0 Å². The van der Waals surface area contributed by atoms with Crippen LogP contribution in [-0.4, -0.2) is 22.9 Å². The molecule has 0 aliphatic carbocycles. The van der Waals surface area contributed by atoms with E-state index in [1.54, 1.807) is 0 Å². The summed E-state index contributed by atoms with van der Waals surface area (Å²) in [6, 6.07) is 0. The second-order valence-corrected chi connectivity index (χ2v) is 1.03. The van der Waals surface area contributed by atoms with E-state index in [4.69, 9.17) is 10.2 Å². The monoisotopic (exact) mass is 150 g/mol. The average molecular weight is 151 g/mol. The molecule has 0 heterocycles. The van der Waals surface area contributed by atoms with Crippen LogP contribution in [-0.2, 0) is 0 Å². The number of aliphatic hydroxyl groups is 2. The number of aliphatic hydroxyl groups excluding tert-OH is 2. The van der Waals surface area contributed by atoms with Crippen molar-refractivity contribution in [2.45, 2.75) is 13.0 Å². The SMILES string of the molecule is CC(O)CO.[Cl-].[K+]. The Morgan fingerprint density at radius 2 is 1.71 bits per heavy atom. The van der Waals surface area contributed by atoms with Gasteiger partial charge >= 0.3 is 51.4 Å². The molecule has 1 atom stereocenters. The maximum absolute atomic E-state index is 8.11. The predicted molar refractivity (Wildman–Crippen MR) is 18.8 cm³/mol. The minimum absolute atomic E-state index is 0. The maximum Gasteiger partial charge on any atom is 1.00 e. The second-order valence-electron chi connectivity index (χ2n) is 1.03. The normalized spacial score (nSPS) is 10.7. The molecule has 7 heavy (non-hydrogen) atoms. The Hall–Kier alpha value is 1.85. The average Bonchev–Trinajstić information content (AvgIpc) is 1.38. The van der Waals surface area contributed by atoms with E-state index < -0.39 is 6.10 Å². The van der Waals surface area contributed by atoms with Crippen LogP contribution in [0.4, 0.5) is 0 Å². The Labute approximate surface area is 92.1 Å². The van der Waals surface area contributed by atoms with Crippen molar-refractivity contribution in [1.82, 2.24) is 0 Å². The van der Waals surface area contributed by atoms with E-state index >= 15 is 0 Å². The Morgan fingerprint density at radius 1 is 1.57 bits per heavy atom. The molecule has 0 saturated heterocycles. The summed E-state index contributed by atoms with van der Waals surface area (Å²) in [5.74, 6) is 0. The molecule has 0 aromatic rings. The van der Waals surface area contributed by atoms with Crippen molar-refractivity contribution in [1.29, 1.82) is 0 Å². The van der Waals surface area contributed by atoms with Gasteiger partial charge in [-0.25, -0.2) is 0 Å². The fourth-order valence-electron chi connectivity index (χ4n) is 0. The summed E-state index contributed by atoms with van der Waals surface area (Å²) in [5.41, 5.74) is 0. The molecule has 4 heteroatoms. The van der Waals surface area contributed by atoms with Crippen LogP contribution in [0.2, 0.25) is 0 Å². The van der Waals surface area contributed by atoms with Crippen LogP contribution in [0.5, 0.6) is 0 Å². The van der Waals surface area contributed by atoms with Gasteiger partial charge < -0.3 is 22.6 Å². The van der Waals surface area contributed by atoms with Crippen LogP contribution in [0.1, 0.15) is 6.92 Å². The molecule has 0 fully saturated rings. The molecule has 0 rings (SSSR count). The van der Waals surface area contributed by atoms with E-state index in [0.29, 0.717) is 0 Å². The predicted octanol–water partition coefficient (Wildman–Crippen LogP) is -6.63. The van der Waals surface area contributed by atoms with Crippen molar-refractivity contribution >= 4 is 0 Å². The summed E-state index contributed by atoms with van der Waals surface area (Å²) in [6.07, 6.45) is -0.560. The van der Waals surface area contributed by atoms with Gasteiger partial charge in [-0.15, -0.1) is 0 Å². The topological polar surface area (TPSA) is 40.5 Å². The van der Waals surface area contributed by atoms with Gasteiger partial charge in [0.25, 0.3) is 0 Å². The van der Waals surface area contributed by atoms with Crippen LogP contribution in [0.3, 0.4) is 0 Å². The summed E-state index contributed by atoms with van der Waals surface area (Å²) >= 11 is 0. The van der Waals surface area contributed by atoms with E-state index in [9.17, 15) is 0 Å². The molecular weight excluding hydrogens is 143 g/mol. The first-order valence-electron chi connectivity index (χ1n) is 1.56. The quantitative estimate of drug-likeness (QED) is 0.365.